The Hall–Kier alpha value is -4.62. The Labute approximate surface area is 299 Å². The molecule has 0 saturated carbocycles. The van der Waals surface area contributed by atoms with Crippen LogP contribution in [0.25, 0.3) is 11.1 Å². The third kappa shape index (κ3) is 7.58. The molecule has 4 nitrogen and oxygen atoms in total. The lowest BCUT2D eigenvalue weighted by atomic mass is 10.0. The molecule has 0 fully saturated rings. The molecule has 0 aliphatic rings. The first kappa shape index (κ1) is 35.2. The van der Waals surface area contributed by atoms with Crippen molar-refractivity contribution in [3.63, 3.8) is 0 Å². The molecule has 6 heteroatoms. The molecular weight excluding hydrogens is 654 g/mol. The molecule has 50 heavy (non-hydrogen) atoms. The van der Waals surface area contributed by atoms with Gasteiger partial charge >= 0.3 is 0 Å². The lowest BCUT2D eigenvalue weighted by Gasteiger charge is -2.31. The van der Waals surface area contributed by atoms with Crippen LogP contribution >= 0.6 is 15.8 Å². The Morgan fingerprint density at radius 1 is 0.360 bits per heavy atom. The summed E-state index contributed by atoms with van der Waals surface area (Å²) in [5, 5.41) is 6.98. The quantitative estimate of drug-likeness (QED) is 0.114. The molecule has 0 heterocycles. The number of hydrogen-bond donors (Lipinski definition) is 0. The van der Waals surface area contributed by atoms with Gasteiger partial charge in [0.2, 0.25) is 0 Å². The Bertz CT molecular complexity index is 1760. The molecule has 254 valence electrons. The topological polar surface area (TPSA) is 36.9 Å². The van der Waals surface area contributed by atoms with Gasteiger partial charge in [-0.15, -0.1) is 0 Å². The number of benzene rings is 6. The first-order chi connectivity index (χ1) is 24.4. The first-order valence-electron chi connectivity index (χ1n) is 17.0. The van der Waals surface area contributed by atoms with E-state index in [0.717, 1.165) is 44.7 Å². The second-order valence-corrected chi connectivity index (χ2v) is 16.6. The van der Waals surface area contributed by atoms with E-state index in [-0.39, 0.29) is 12.2 Å². The number of hydrogen-bond acceptors (Lipinski definition) is 4. The van der Waals surface area contributed by atoms with E-state index >= 15 is 0 Å². The van der Waals surface area contributed by atoms with Gasteiger partial charge in [0.15, 0.2) is 0 Å². The largest absolute Gasteiger partial charge is 0.496 e. The van der Waals surface area contributed by atoms with E-state index in [9.17, 15) is 0 Å². The zero-order valence-electron chi connectivity index (χ0n) is 29.5. The minimum atomic E-state index is -1.14. The van der Waals surface area contributed by atoms with Gasteiger partial charge in [-0.2, -0.15) is 0 Å². The number of ether oxygens (including phenoxy) is 4. The standard InChI is InChI=1S/C44H44O4P2/c1-31(2)47-39-29-27-37(45-5)41(43(39)49(33-19-11-7-12-20-33)34-21-13-8-14-22-34)42-38(46-6)28-30-40(48-32(3)4)44(42)50(35-23-15-9-16-24-35)36-25-17-10-18-26-36/h7-32H,1-6H3. The predicted octanol–water partition coefficient (Wildman–Crippen LogP) is 8.46. The maximum atomic E-state index is 6.76. The zero-order chi connectivity index (χ0) is 35.0. The van der Waals surface area contributed by atoms with Crippen molar-refractivity contribution in [2.45, 2.75) is 39.9 Å². The highest BCUT2D eigenvalue weighted by molar-refractivity contribution is 7.81. The summed E-state index contributed by atoms with van der Waals surface area (Å²) in [6.45, 7) is 8.31. The van der Waals surface area contributed by atoms with Crippen LogP contribution in [0, 0.1) is 0 Å². The van der Waals surface area contributed by atoms with E-state index in [1.54, 1.807) is 14.2 Å². The molecule has 0 amide bonds. The van der Waals surface area contributed by atoms with Crippen LogP contribution in [0.15, 0.2) is 146 Å². The third-order valence-corrected chi connectivity index (χ3v) is 13.2. The fourth-order valence-electron chi connectivity index (χ4n) is 6.20. The molecule has 0 aliphatic carbocycles. The fraction of sp³-hybridized carbons (Fsp3) is 0.182. The van der Waals surface area contributed by atoms with Gasteiger partial charge in [-0.1, -0.05) is 121 Å². The van der Waals surface area contributed by atoms with Crippen molar-refractivity contribution >= 4 is 47.7 Å². The predicted molar refractivity (Wildman–Crippen MR) is 214 cm³/mol. The van der Waals surface area contributed by atoms with E-state index in [2.05, 4.69) is 161 Å². The van der Waals surface area contributed by atoms with Crippen molar-refractivity contribution in [3.8, 4) is 34.1 Å². The normalized spacial score (nSPS) is 11.3. The molecule has 6 rings (SSSR count). The summed E-state index contributed by atoms with van der Waals surface area (Å²) < 4.78 is 26.2. The average Bonchev–Trinajstić information content (AvgIpc) is 3.14. The molecule has 0 saturated heterocycles. The molecule has 0 atom stereocenters. The molecule has 6 aromatic carbocycles. The highest BCUT2D eigenvalue weighted by Crippen LogP contribution is 2.51. The Morgan fingerprint density at radius 2 is 0.620 bits per heavy atom. The zero-order valence-corrected chi connectivity index (χ0v) is 31.3. The highest BCUT2D eigenvalue weighted by Gasteiger charge is 2.34. The van der Waals surface area contributed by atoms with Crippen LogP contribution in [0.4, 0.5) is 0 Å². The van der Waals surface area contributed by atoms with Crippen molar-refractivity contribution in [3.05, 3.63) is 146 Å². The Morgan fingerprint density at radius 3 is 0.860 bits per heavy atom. The summed E-state index contributed by atoms with van der Waals surface area (Å²) in [4.78, 5) is 0. The minimum Gasteiger partial charge on any atom is -0.496 e. The van der Waals surface area contributed by atoms with Crippen LogP contribution in [-0.2, 0) is 0 Å². The molecule has 0 radical (unpaired) electrons. The summed E-state index contributed by atoms with van der Waals surface area (Å²) in [5.74, 6) is 3.13. The summed E-state index contributed by atoms with van der Waals surface area (Å²) >= 11 is 0. The highest BCUT2D eigenvalue weighted by atomic mass is 31.1. The van der Waals surface area contributed by atoms with Crippen molar-refractivity contribution in [2.24, 2.45) is 0 Å². The van der Waals surface area contributed by atoms with E-state index in [4.69, 9.17) is 18.9 Å². The first-order valence-corrected chi connectivity index (χ1v) is 19.7. The lowest BCUT2D eigenvalue weighted by molar-refractivity contribution is 0.244. The maximum Gasteiger partial charge on any atom is 0.128 e. The molecular formula is C44H44O4P2. The van der Waals surface area contributed by atoms with Crippen LogP contribution < -0.4 is 50.8 Å². The summed E-state index contributed by atoms with van der Waals surface area (Å²) in [6, 6.07) is 51.2. The second-order valence-electron chi connectivity index (χ2n) is 12.3. The fourth-order valence-corrected chi connectivity index (χ4v) is 11.3. The second kappa shape index (κ2) is 16.4. The summed E-state index contributed by atoms with van der Waals surface area (Å²) in [5.41, 5.74) is 1.90. The molecule has 0 spiro atoms. The molecule has 0 bridgehead atoms. The van der Waals surface area contributed by atoms with E-state index in [1.165, 1.54) is 21.2 Å². The van der Waals surface area contributed by atoms with Crippen molar-refractivity contribution < 1.29 is 18.9 Å². The summed E-state index contributed by atoms with van der Waals surface area (Å²) in [6.07, 6.45) is -0.109. The number of rotatable bonds is 13. The minimum absolute atomic E-state index is 0.0545. The summed E-state index contributed by atoms with van der Waals surface area (Å²) in [7, 11) is 1.21. The van der Waals surface area contributed by atoms with Crippen molar-refractivity contribution in [2.75, 3.05) is 14.2 Å². The SMILES string of the molecule is COc1ccc(OC(C)C)c(P(c2ccccc2)c2ccccc2)c1-c1c(OC)ccc(OC(C)C)c1P(c1ccccc1)c1ccccc1. The van der Waals surface area contributed by atoms with Gasteiger partial charge in [0.05, 0.1) is 26.4 Å². The van der Waals surface area contributed by atoms with Gasteiger partial charge in [0.1, 0.15) is 23.0 Å². The van der Waals surface area contributed by atoms with Gasteiger partial charge in [-0.05, 0) is 89.0 Å². The van der Waals surface area contributed by atoms with Crippen molar-refractivity contribution in [1.82, 2.24) is 0 Å². The van der Waals surface area contributed by atoms with Crippen LogP contribution in [0.2, 0.25) is 0 Å². The average molecular weight is 699 g/mol. The van der Waals surface area contributed by atoms with Crippen molar-refractivity contribution in [1.29, 1.82) is 0 Å². The smallest absolute Gasteiger partial charge is 0.128 e. The molecule has 6 aromatic rings. The maximum absolute atomic E-state index is 6.76. The third-order valence-electron chi connectivity index (χ3n) is 8.13. The Kier molecular flexibility index (Phi) is 11.5. The molecule has 0 aliphatic heterocycles. The van der Waals surface area contributed by atoms with Gasteiger partial charge in [-0.3, -0.25) is 0 Å². The number of methoxy groups -OCH3 is 2. The van der Waals surface area contributed by atoms with Gasteiger partial charge in [0, 0.05) is 21.7 Å². The van der Waals surface area contributed by atoms with Crippen LogP contribution in [0.5, 0.6) is 23.0 Å². The van der Waals surface area contributed by atoms with Crippen LogP contribution in [-0.4, -0.2) is 26.4 Å². The molecule has 0 N–H and O–H groups in total. The van der Waals surface area contributed by atoms with Gasteiger partial charge in [-0.25, -0.2) is 0 Å². The lowest BCUT2D eigenvalue weighted by Crippen LogP contribution is -2.29. The monoisotopic (exact) mass is 698 g/mol. The molecule has 0 aromatic heterocycles. The van der Waals surface area contributed by atoms with Gasteiger partial charge in [0.25, 0.3) is 0 Å². The molecule has 0 unspecified atom stereocenters. The van der Waals surface area contributed by atoms with E-state index in [1.807, 2.05) is 12.1 Å². The Balaban J connectivity index is 1.82. The van der Waals surface area contributed by atoms with Crippen LogP contribution in [0.1, 0.15) is 27.7 Å². The van der Waals surface area contributed by atoms with Crippen LogP contribution in [0.3, 0.4) is 0 Å². The van der Waals surface area contributed by atoms with E-state index in [0.29, 0.717) is 0 Å². The van der Waals surface area contributed by atoms with Gasteiger partial charge < -0.3 is 18.9 Å². The van der Waals surface area contributed by atoms with E-state index < -0.39 is 15.8 Å².